The van der Waals surface area contributed by atoms with E-state index >= 15 is 0 Å². The molecule has 0 radical (unpaired) electrons. The molecular weight excluding hydrogens is 362 g/mol. The predicted molar refractivity (Wildman–Crippen MR) is 105 cm³/mol. The Morgan fingerprint density at radius 2 is 1.81 bits per heavy atom. The molecule has 27 heavy (non-hydrogen) atoms. The number of nitrogens with one attached hydrogen (secondary N) is 2. The topological polar surface area (TPSA) is 87.6 Å². The number of hydrogen-bond donors (Lipinski definition) is 2. The van der Waals surface area contributed by atoms with Crippen molar-refractivity contribution in [2.24, 2.45) is 4.99 Å². The Balaban J connectivity index is 1.48. The van der Waals surface area contributed by atoms with Crippen LogP contribution in [0.4, 0.5) is 0 Å². The van der Waals surface area contributed by atoms with E-state index in [0.717, 1.165) is 12.8 Å². The molecule has 1 unspecified atom stereocenters. The van der Waals surface area contributed by atoms with Gasteiger partial charge in [0.1, 0.15) is 5.84 Å². The van der Waals surface area contributed by atoms with Crippen LogP contribution in [0, 0.1) is 0 Å². The van der Waals surface area contributed by atoms with Crippen molar-refractivity contribution in [3.8, 4) is 0 Å². The lowest BCUT2D eigenvalue weighted by atomic mass is 10.1. The van der Waals surface area contributed by atoms with Crippen LogP contribution in [0.3, 0.4) is 0 Å². The van der Waals surface area contributed by atoms with Gasteiger partial charge in [0.2, 0.25) is 5.91 Å². The summed E-state index contributed by atoms with van der Waals surface area (Å²) in [6, 6.07) is 16.9. The first-order chi connectivity index (χ1) is 13.0. The normalized spacial score (nSPS) is 17.1. The van der Waals surface area contributed by atoms with Crippen LogP contribution >= 0.6 is 0 Å². The number of carbonyl (C=O) groups is 1. The summed E-state index contributed by atoms with van der Waals surface area (Å²) in [5.41, 5.74) is 1.80. The highest BCUT2D eigenvalue weighted by Gasteiger charge is 2.29. The molecule has 142 valence electrons. The number of hydrogen-bond acceptors (Lipinski definition) is 4. The van der Waals surface area contributed by atoms with Crippen LogP contribution < -0.4 is 10.0 Å². The zero-order valence-corrected chi connectivity index (χ0v) is 16.0. The van der Waals surface area contributed by atoms with E-state index in [1.54, 1.807) is 24.3 Å². The van der Waals surface area contributed by atoms with Crippen LogP contribution in [-0.4, -0.2) is 32.7 Å². The number of aliphatic imine (C=N–C) groups is 1. The summed E-state index contributed by atoms with van der Waals surface area (Å²) >= 11 is 0. The highest BCUT2D eigenvalue weighted by atomic mass is 32.2. The molecule has 3 rings (SSSR count). The minimum atomic E-state index is -3.54. The molecule has 0 saturated heterocycles. The fourth-order valence-corrected chi connectivity index (χ4v) is 4.22. The first-order valence-electron chi connectivity index (χ1n) is 8.95. The zero-order chi connectivity index (χ0) is 19.3. The average Bonchev–Trinajstić information content (AvgIpc) is 2.92. The molecule has 2 aromatic rings. The summed E-state index contributed by atoms with van der Waals surface area (Å²) in [7, 11) is -3.54. The lowest BCUT2D eigenvalue weighted by molar-refractivity contribution is -0.121. The molecule has 1 heterocycles. The quantitative estimate of drug-likeness (QED) is 0.766. The lowest BCUT2D eigenvalue weighted by Crippen LogP contribution is -2.33. The van der Waals surface area contributed by atoms with Crippen molar-refractivity contribution in [3.63, 3.8) is 0 Å². The SMILES string of the molecule is CC(CCc1ccccc1)NC(=O)CCN=C1NS(=O)(=O)c2ccccc21. The number of fused-ring (bicyclic) bond motifs is 1. The summed E-state index contributed by atoms with van der Waals surface area (Å²) in [5.74, 6) is 0.213. The van der Waals surface area contributed by atoms with E-state index in [4.69, 9.17) is 0 Å². The predicted octanol–water partition coefficient (Wildman–Crippen LogP) is 2.25. The van der Waals surface area contributed by atoms with Crippen molar-refractivity contribution in [2.75, 3.05) is 6.54 Å². The molecular formula is C20H23N3O3S. The van der Waals surface area contributed by atoms with Gasteiger partial charge in [-0.15, -0.1) is 0 Å². The van der Waals surface area contributed by atoms with Crippen LogP contribution in [0.15, 0.2) is 64.5 Å². The number of benzene rings is 2. The Hall–Kier alpha value is -2.67. The molecule has 2 aromatic carbocycles. The molecule has 1 aliphatic heterocycles. The van der Waals surface area contributed by atoms with E-state index in [1.807, 2.05) is 25.1 Å². The van der Waals surface area contributed by atoms with Crippen LogP contribution in [0.2, 0.25) is 0 Å². The lowest BCUT2D eigenvalue weighted by Gasteiger charge is -2.13. The number of carbonyl (C=O) groups excluding carboxylic acids is 1. The number of aryl methyl sites for hydroxylation is 1. The molecule has 0 aromatic heterocycles. The third-order valence-corrected chi connectivity index (χ3v) is 5.78. The molecule has 7 heteroatoms. The minimum absolute atomic E-state index is 0.0658. The molecule has 0 saturated carbocycles. The molecule has 0 spiro atoms. The van der Waals surface area contributed by atoms with Gasteiger partial charge in [0, 0.05) is 18.0 Å². The summed E-state index contributed by atoms with van der Waals surface area (Å²) in [5, 5.41) is 2.96. The van der Waals surface area contributed by atoms with Crippen molar-refractivity contribution in [2.45, 2.75) is 37.1 Å². The number of rotatable bonds is 7. The smallest absolute Gasteiger partial charge is 0.263 e. The van der Waals surface area contributed by atoms with Gasteiger partial charge in [-0.25, -0.2) is 8.42 Å². The van der Waals surface area contributed by atoms with Gasteiger partial charge in [-0.3, -0.25) is 14.5 Å². The number of sulfonamides is 1. The number of amidine groups is 1. The van der Waals surface area contributed by atoms with Gasteiger partial charge < -0.3 is 5.32 Å². The van der Waals surface area contributed by atoms with Gasteiger partial charge in [0.15, 0.2) is 0 Å². The second kappa shape index (κ2) is 8.35. The minimum Gasteiger partial charge on any atom is -0.354 e. The second-order valence-corrected chi connectivity index (χ2v) is 8.23. The first kappa shape index (κ1) is 19.1. The van der Waals surface area contributed by atoms with Crippen molar-refractivity contribution < 1.29 is 13.2 Å². The maximum Gasteiger partial charge on any atom is 0.263 e. The van der Waals surface area contributed by atoms with E-state index in [0.29, 0.717) is 11.4 Å². The molecule has 0 aliphatic carbocycles. The van der Waals surface area contributed by atoms with Crippen molar-refractivity contribution >= 4 is 21.8 Å². The molecule has 1 aliphatic rings. The summed E-state index contributed by atoms with van der Waals surface area (Å²) in [6.45, 7) is 2.21. The Kier molecular flexibility index (Phi) is 5.91. The molecule has 0 bridgehead atoms. The Morgan fingerprint density at radius 3 is 2.59 bits per heavy atom. The molecule has 0 fully saturated rings. The van der Waals surface area contributed by atoms with E-state index in [1.165, 1.54) is 5.56 Å². The summed E-state index contributed by atoms with van der Waals surface area (Å²) in [6.07, 6.45) is 1.98. The maximum atomic E-state index is 12.1. The third kappa shape index (κ3) is 4.95. The second-order valence-electron chi connectivity index (χ2n) is 6.57. The van der Waals surface area contributed by atoms with E-state index in [2.05, 4.69) is 27.2 Å². The van der Waals surface area contributed by atoms with Gasteiger partial charge in [-0.2, -0.15) is 0 Å². The van der Waals surface area contributed by atoms with Crippen molar-refractivity contribution in [3.05, 3.63) is 65.7 Å². The average molecular weight is 385 g/mol. The highest BCUT2D eigenvalue weighted by molar-refractivity contribution is 7.90. The number of nitrogens with zero attached hydrogens (tertiary/aromatic N) is 1. The monoisotopic (exact) mass is 385 g/mol. The molecule has 1 amide bonds. The van der Waals surface area contributed by atoms with Gasteiger partial charge in [0.05, 0.1) is 11.4 Å². The summed E-state index contributed by atoms with van der Waals surface area (Å²) < 4.78 is 26.5. The molecule has 1 atom stereocenters. The van der Waals surface area contributed by atoms with Crippen LogP contribution in [0.5, 0.6) is 0 Å². The maximum absolute atomic E-state index is 12.1. The van der Waals surface area contributed by atoms with Crippen LogP contribution in [-0.2, 0) is 21.2 Å². The van der Waals surface area contributed by atoms with E-state index < -0.39 is 10.0 Å². The zero-order valence-electron chi connectivity index (χ0n) is 15.2. The Labute approximate surface area is 159 Å². The number of amides is 1. The van der Waals surface area contributed by atoms with Crippen molar-refractivity contribution in [1.82, 2.24) is 10.0 Å². The van der Waals surface area contributed by atoms with Crippen molar-refractivity contribution in [1.29, 1.82) is 0 Å². The van der Waals surface area contributed by atoms with Gasteiger partial charge in [-0.05, 0) is 37.5 Å². The van der Waals surface area contributed by atoms with Gasteiger partial charge in [-0.1, -0.05) is 42.5 Å². The van der Waals surface area contributed by atoms with Gasteiger partial charge in [0.25, 0.3) is 10.0 Å². The largest absolute Gasteiger partial charge is 0.354 e. The van der Waals surface area contributed by atoms with E-state index in [9.17, 15) is 13.2 Å². The fourth-order valence-electron chi connectivity index (χ4n) is 2.97. The molecule has 6 nitrogen and oxygen atoms in total. The Bertz CT molecular complexity index is 940. The van der Waals surface area contributed by atoms with Crippen LogP contribution in [0.1, 0.15) is 30.9 Å². The van der Waals surface area contributed by atoms with Crippen LogP contribution in [0.25, 0.3) is 0 Å². The first-order valence-corrected chi connectivity index (χ1v) is 10.4. The fraction of sp³-hybridized carbons (Fsp3) is 0.300. The standard InChI is InChI=1S/C20H23N3O3S/c1-15(11-12-16-7-3-2-4-8-16)22-19(24)13-14-21-20-17-9-5-6-10-18(17)27(25,26)23-20/h2-10,15H,11-14H2,1H3,(H,21,23)(H,22,24). The highest BCUT2D eigenvalue weighted by Crippen LogP contribution is 2.22. The van der Waals surface area contributed by atoms with E-state index in [-0.39, 0.29) is 29.8 Å². The summed E-state index contributed by atoms with van der Waals surface area (Å²) in [4.78, 5) is 16.6. The third-order valence-electron chi connectivity index (χ3n) is 4.39. The Morgan fingerprint density at radius 1 is 1.11 bits per heavy atom. The van der Waals surface area contributed by atoms with Gasteiger partial charge >= 0.3 is 0 Å². The molecule has 2 N–H and O–H groups in total.